The second kappa shape index (κ2) is 5.39. The Morgan fingerprint density at radius 2 is 1.42 bits per heavy atom. The van der Waals surface area contributed by atoms with Crippen molar-refractivity contribution in [2.24, 2.45) is 5.92 Å². The molecule has 3 rings (SSSR count). The Labute approximate surface area is 114 Å². The highest BCUT2D eigenvalue weighted by molar-refractivity contribution is 5.81. The molecule has 1 saturated heterocycles. The van der Waals surface area contributed by atoms with Crippen molar-refractivity contribution < 1.29 is 9.59 Å². The van der Waals surface area contributed by atoms with Crippen LogP contribution in [0.5, 0.6) is 0 Å². The van der Waals surface area contributed by atoms with E-state index in [4.69, 9.17) is 0 Å². The van der Waals surface area contributed by atoms with Gasteiger partial charge in [-0.15, -0.1) is 0 Å². The molecule has 106 valence electrons. The van der Waals surface area contributed by atoms with Crippen LogP contribution in [0.1, 0.15) is 38.5 Å². The zero-order chi connectivity index (χ0) is 13.2. The van der Waals surface area contributed by atoms with Gasteiger partial charge in [-0.1, -0.05) is 12.8 Å². The van der Waals surface area contributed by atoms with Crippen molar-refractivity contribution >= 4 is 11.9 Å². The van der Waals surface area contributed by atoms with Crippen molar-refractivity contribution in [2.75, 3.05) is 26.2 Å². The highest BCUT2D eigenvalue weighted by Gasteiger charge is 2.35. The first-order chi connectivity index (χ1) is 9.24. The van der Waals surface area contributed by atoms with Crippen LogP contribution in [0.4, 0.5) is 4.79 Å². The topological polar surface area (TPSA) is 52.7 Å². The van der Waals surface area contributed by atoms with E-state index in [9.17, 15) is 9.59 Å². The lowest BCUT2D eigenvalue weighted by Crippen LogP contribution is -2.54. The number of amides is 3. The molecule has 5 nitrogen and oxygen atoms in total. The summed E-state index contributed by atoms with van der Waals surface area (Å²) in [5, 5.41) is 3.11. The average Bonchev–Trinajstić information content (AvgIpc) is 3.17. The maximum atomic E-state index is 12.1. The Bertz CT molecular complexity index is 354. The van der Waals surface area contributed by atoms with Crippen molar-refractivity contribution in [3.05, 3.63) is 0 Å². The number of carbonyl (C=O) groups excluding carboxylic acids is 2. The van der Waals surface area contributed by atoms with E-state index in [1.54, 1.807) is 0 Å². The lowest BCUT2D eigenvalue weighted by Gasteiger charge is -2.35. The second-order valence-corrected chi connectivity index (χ2v) is 6.02. The fourth-order valence-electron chi connectivity index (χ4n) is 3.05. The predicted molar refractivity (Wildman–Crippen MR) is 71.7 cm³/mol. The van der Waals surface area contributed by atoms with Crippen LogP contribution in [0.25, 0.3) is 0 Å². The molecule has 3 aliphatic rings. The smallest absolute Gasteiger partial charge is 0.317 e. The minimum atomic E-state index is 0.0606. The van der Waals surface area contributed by atoms with E-state index in [2.05, 4.69) is 5.32 Å². The Kier molecular flexibility index (Phi) is 3.62. The van der Waals surface area contributed by atoms with Crippen LogP contribution in [0.3, 0.4) is 0 Å². The Balaban J connectivity index is 1.43. The third kappa shape index (κ3) is 3.01. The largest absolute Gasteiger partial charge is 0.339 e. The third-order valence-electron chi connectivity index (χ3n) is 4.49. The van der Waals surface area contributed by atoms with Crippen molar-refractivity contribution in [2.45, 2.75) is 44.6 Å². The number of piperazine rings is 1. The molecule has 3 fully saturated rings. The molecule has 0 bridgehead atoms. The van der Waals surface area contributed by atoms with Gasteiger partial charge in [-0.05, 0) is 25.7 Å². The summed E-state index contributed by atoms with van der Waals surface area (Å²) in [6, 6.07) is 0.434. The van der Waals surface area contributed by atoms with Crippen molar-refractivity contribution in [3.63, 3.8) is 0 Å². The van der Waals surface area contributed by atoms with Crippen LogP contribution >= 0.6 is 0 Å². The summed E-state index contributed by atoms with van der Waals surface area (Å²) >= 11 is 0. The van der Waals surface area contributed by atoms with Gasteiger partial charge in [0.2, 0.25) is 5.91 Å². The van der Waals surface area contributed by atoms with Gasteiger partial charge >= 0.3 is 6.03 Å². The average molecular weight is 265 g/mol. The molecule has 0 aromatic rings. The van der Waals surface area contributed by atoms with Gasteiger partial charge in [-0.2, -0.15) is 0 Å². The van der Waals surface area contributed by atoms with Gasteiger partial charge in [0.05, 0.1) is 0 Å². The van der Waals surface area contributed by atoms with Crippen LogP contribution in [0, 0.1) is 5.92 Å². The third-order valence-corrected chi connectivity index (χ3v) is 4.49. The number of rotatable bonds is 2. The number of hydrogen-bond acceptors (Lipinski definition) is 2. The molecule has 5 heteroatoms. The number of nitrogens with zero attached hydrogens (tertiary/aromatic N) is 2. The first kappa shape index (κ1) is 12.8. The zero-order valence-corrected chi connectivity index (χ0v) is 11.4. The standard InChI is InChI=1S/C14H23N3O2/c18-13(11-5-6-11)16-7-9-17(10-8-16)14(19)15-12-3-1-2-4-12/h11-12H,1-10H2,(H,15,19). The van der Waals surface area contributed by atoms with Gasteiger partial charge in [0, 0.05) is 38.1 Å². The van der Waals surface area contributed by atoms with E-state index < -0.39 is 0 Å². The zero-order valence-electron chi connectivity index (χ0n) is 11.4. The molecule has 1 heterocycles. The molecule has 3 amide bonds. The van der Waals surface area contributed by atoms with E-state index in [1.807, 2.05) is 9.80 Å². The molecule has 0 aromatic carbocycles. The van der Waals surface area contributed by atoms with Gasteiger partial charge < -0.3 is 15.1 Å². The van der Waals surface area contributed by atoms with E-state index >= 15 is 0 Å². The van der Waals surface area contributed by atoms with Crippen molar-refractivity contribution in [3.8, 4) is 0 Å². The number of urea groups is 1. The molecule has 0 unspecified atom stereocenters. The minimum absolute atomic E-state index is 0.0606. The first-order valence-corrected chi connectivity index (χ1v) is 7.58. The van der Waals surface area contributed by atoms with Gasteiger partial charge in [-0.25, -0.2) is 4.79 Å². The molecular formula is C14H23N3O2. The predicted octanol–water partition coefficient (Wildman–Crippen LogP) is 1.19. The lowest BCUT2D eigenvalue weighted by atomic mass is 10.2. The normalized spacial score (nSPS) is 24.6. The Morgan fingerprint density at radius 3 is 2.00 bits per heavy atom. The molecular weight excluding hydrogens is 242 g/mol. The summed E-state index contributed by atoms with van der Waals surface area (Å²) in [5.74, 6) is 0.592. The van der Waals surface area contributed by atoms with Gasteiger partial charge in [0.15, 0.2) is 0 Å². The van der Waals surface area contributed by atoms with E-state index in [0.29, 0.717) is 44.0 Å². The molecule has 1 N–H and O–H groups in total. The quantitative estimate of drug-likeness (QED) is 0.815. The fourth-order valence-corrected chi connectivity index (χ4v) is 3.05. The highest BCUT2D eigenvalue weighted by Crippen LogP contribution is 2.31. The monoisotopic (exact) mass is 265 g/mol. The lowest BCUT2D eigenvalue weighted by molar-refractivity contribution is -0.133. The van der Waals surface area contributed by atoms with Gasteiger partial charge in [0.1, 0.15) is 0 Å². The molecule has 1 aliphatic heterocycles. The summed E-state index contributed by atoms with van der Waals surface area (Å²) in [5.41, 5.74) is 0. The van der Waals surface area contributed by atoms with Gasteiger partial charge in [0.25, 0.3) is 0 Å². The van der Waals surface area contributed by atoms with Gasteiger partial charge in [-0.3, -0.25) is 4.79 Å². The molecule has 2 saturated carbocycles. The number of nitrogens with one attached hydrogen (secondary N) is 1. The number of hydrogen-bond donors (Lipinski definition) is 1. The van der Waals surface area contributed by atoms with Crippen LogP contribution in [0.15, 0.2) is 0 Å². The summed E-state index contributed by atoms with van der Waals surface area (Å²) < 4.78 is 0. The molecule has 0 spiro atoms. The maximum Gasteiger partial charge on any atom is 0.317 e. The Morgan fingerprint density at radius 1 is 0.842 bits per heavy atom. The molecule has 19 heavy (non-hydrogen) atoms. The SMILES string of the molecule is O=C(NC1CCCC1)N1CCN(C(=O)C2CC2)CC1. The van der Waals surface area contributed by atoms with Crippen molar-refractivity contribution in [1.82, 2.24) is 15.1 Å². The second-order valence-electron chi connectivity index (χ2n) is 6.02. The van der Waals surface area contributed by atoms with Crippen molar-refractivity contribution in [1.29, 1.82) is 0 Å². The summed E-state index contributed by atoms with van der Waals surface area (Å²) in [4.78, 5) is 27.8. The fraction of sp³-hybridized carbons (Fsp3) is 0.857. The van der Waals surface area contributed by atoms with E-state index in [0.717, 1.165) is 25.7 Å². The highest BCUT2D eigenvalue weighted by atomic mass is 16.2. The first-order valence-electron chi connectivity index (χ1n) is 7.58. The summed E-state index contributed by atoms with van der Waals surface area (Å²) in [7, 11) is 0. The molecule has 0 radical (unpaired) electrons. The van der Waals surface area contributed by atoms with Crippen LogP contribution in [0.2, 0.25) is 0 Å². The summed E-state index contributed by atoms with van der Waals surface area (Å²) in [6.07, 6.45) is 6.81. The Hall–Kier alpha value is -1.26. The molecule has 2 aliphatic carbocycles. The van der Waals surface area contributed by atoms with E-state index in [-0.39, 0.29) is 6.03 Å². The van der Waals surface area contributed by atoms with Crippen LogP contribution < -0.4 is 5.32 Å². The maximum absolute atomic E-state index is 12.1. The summed E-state index contributed by atoms with van der Waals surface area (Å²) in [6.45, 7) is 2.76. The number of carbonyl (C=O) groups is 2. The van der Waals surface area contributed by atoms with Crippen LogP contribution in [-0.2, 0) is 4.79 Å². The van der Waals surface area contributed by atoms with Crippen LogP contribution in [-0.4, -0.2) is 54.0 Å². The molecule has 0 aromatic heterocycles. The minimum Gasteiger partial charge on any atom is -0.339 e. The molecule has 0 atom stereocenters. The van der Waals surface area contributed by atoms with E-state index in [1.165, 1.54) is 12.8 Å².